The molecule has 2 aromatic heterocycles. The van der Waals surface area contributed by atoms with Gasteiger partial charge in [-0.3, -0.25) is 9.36 Å². The van der Waals surface area contributed by atoms with Crippen LogP contribution in [0, 0.1) is 0 Å². The molecule has 0 saturated carbocycles. The maximum atomic E-state index is 13.1. The van der Waals surface area contributed by atoms with Gasteiger partial charge in [0, 0.05) is 16.5 Å². The molecule has 0 spiro atoms. The maximum Gasteiger partial charge on any atom is 0.263 e. The summed E-state index contributed by atoms with van der Waals surface area (Å²) in [6, 6.07) is 19.2. The van der Waals surface area contributed by atoms with Gasteiger partial charge in [0.1, 0.15) is 17.3 Å². The monoisotopic (exact) mass is 350 g/mol. The minimum Gasteiger partial charge on any atom is -0.289 e. The molecule has 25 heavy (non-hydrogen) atoms. The van der Waals surface area contributed by atoms with Gasteiger partial charge in [0.15, 0.2) is 0 Å². The van der Waals surface area contributed by atoms with E-state index in [1.54, 1.807) is 0 Å². The highest BCUT2D eigenvalue weighted by Gasteiger charge is 2.17. The topological polar surface area (TPSA) is 34.9 Å². The number of nitrogens with zero attached hydrogens (tertiary/aromatic N) is 2. The Bertz CT molecular complexity index is 1070. The van der Waals surface area contributed by atoms with Crippen LogP contribution in [0.1, 0.15) is 0 Å². The van der Waals surface area contributed by atoms with Gasteiger partial charge < -0.3 is 0 Å². The third-order valence-electron chi connectivity index (χ3n) is 4.12. The van der Waals surface area contributed by atoms with Crippen LogP contribution in [0.25, 0.3) is 32.7 Å². The van der Waals surface area contributed by atoms with E-state index in [9.17, 15) is 9.18 Å². The summed E-state index contributed by atoms with van der Waals surface area (Å²) in [6.07, 6.45) is 0. The summed E-state index contributed by atoms with van der Waals surface area (Å²) in [7, 11) is 0. The first-order chi connectivity index (χ1) is 12.3. The highest BCUT2D eigenvalue weighted by molar-refractivity contribution is 7.17. The molecule has 0 amide bonds. The molecule has 0 radical (unpaired) electrons. The van der Waals surface area contributed by atoms with E-state index in [0.717, 1.165) is 16.7 Å². The van der Waals surface area contributed by atoms with Crippen molar-refractivity contribution < 1.29 is 4.39 Å². The van der Waals surface area contributed by atoms with Crippen LogP contribution in [0.2, 0.25) is 0 Å². The van der Waals surface area contributed by atoms with E-state index in [1.165, 1.54) is 15.9 Å². The zero-order chi connectivity index (χ0) is 17.2. The SMILES string of the molecule is O=c1c2c(-c3ccccc3)csc2nc(-c2ccccc2)n1CCF. The number of aromatic nitrogens is 2. The Morgan fingerprint density at radius 3 is 2.24 bits per heavy atom. The molecule has 124 valence electrons. The van der Waals surface area contributed by atoms with Crippen molar-refractivity contribution in [1.82, 2.24) is 9.55 Å². The van der Waals surface area contributed by atoms with E-state index < -0.39 is 6.67 Å². The molecule has 0 atom stereocenters. The Hall–Kier alpha value is -2.79. The molecule has 4 aromatic rings. The van der Waals surface area contributed by atoms with Crippen molar-refractivity contribution in [1.29, 1.82) is 0 Å². The predicted octanol–water partition coefficient (Wildman–Crippen LogP) is 4.76. The number of benzene rings is 2. The lowest BCUT2D eigenvalue weighted by atomic mass is 10.1. The fourth-order valence-electron chi connectivity index (χ4n) is 2.95. The van der Waals surface area contributed by atoms with Gasteiger partial charge in [-0.2, -0.15) is 0 Å². The molecule has 0 bridgehead atoms. The van der Waals surface area contributed by atoms with Crippen LogP contribution in [-0.2, 0) is 6.54 Å². The molecule has 0 aliphatic carbocycles. The van der Waals surface area contributed by atoms with Gasteiger partial charge in [-0.15, -0.1) is 11.3 Å². The molecule has 2 heterocycles. The quantitative estimate of drug-likeness (QED) is 0.532. The largest absolute Gasteiger partial charge is 0.289 e. The normalized spacial score (nSPS) is 11.1. The summed E-state index contributed by atoms with van der Waals surface area (Å²) in [5.41, 5.74) is 2.43. The third kappa shape index (κ3) is 2.76. The number of hydrogen-bond donors (Lipinski definition) is 0. The van der Waals surface area contributed by atoms with Crippen LogP contribution in [0.5, 0.6) is 0 Å². The molecule has 2 aromatic carbocycles. The minimum atomic E-state index is -0.613. The Balaban J connectivity index is 2.02. The lowest BCUT2D eigenvalue weighted by Crippen LogP contribution is -2.24. The fraction of sp³-hybridized carbons (Fsp3) is 0.100. The van der Waals surface area contributed by atoms with Gasteiger partial charge >= 0.3 is 0 Å². The molecular formula is C20H15FN2OS. The highest BCUT2D eigenvalue weighted by atomic mass is 32.1. The smallest absolute Gasteiger partial charge is 0.263 e. The first-order valence-corrected chi connectivity index (χ1v) is 8.86. The molecule has 0 unspecified atom stereocenters. The van der Waals surface area contributed by atoms with Crippen LogP contribution in [0.4, 0.5) is 4.39 Å². The van der Waals surface area contributed by atoms with Crippen LogP contribution >= 0.6 is 11.3 Å². The summed E-state index contributed by atoms with van der Waals surface area (Å²) < 4.78 is 14.6. The summed E-state index contributed by atoms with van der Waals surface area (Å²) in [6.45, 7) is -0.617. The number of hydrogen-bond acceptors (Lipinski definition) is 3. The summed E-state index contributed by atoms with van der Waals surface area (Å²) in [4.78, 5) is 18.5. The molecule has 3 nitrogen and oxygen atoms in total. The van der Waals surface area contributed by atoms with Gasteiger partial charge in [-0.05, 0) is 5.56 Å². The number of fused-ring (bicyclic) bond motifs is 1. The zero-order valence-electron chi connectivity index (χ0n) is 13.4. The summed E-state index contributed by atoms with van der Waals surface area (Å²) >= 11 is 1.44. The zero-order valence-corrected chi connectivity index (χ0v) is 14.2. The molecule has 0 aliphatic rings. The van der Waals surface area contributed by atoms with Crippen molar-refractivity contribution in [3.8, 4) is 22.5 Å². The fourth-order valence-corrected chi connectivity index (χ4v) is 3.89. The molecule has 0 saturated heterocycles. The van der Waals surface area contributed by atoms with Crippen molar-refractivity contribution in [2.24, 2.45) is 0 Å². The summed E-state index contributed by atoms with van der Waals surface area (Å²) in [5, 5.41) is 2.51. The summed E-state index contributed by atoms with van der Waals surface area (Å²) in [5.74, 6) is 0.511. The molecule has 0 fully saturated rings. The Labute approximate surface area is 148 Å². The van der Waals surface area contributed by atoms with Crippen LogP contribution in [0.15, 0.2) is 70.8 Å². The van der Waals surface area contributed by atoms with Crippen molar-refractivity contribution in [2.45, 2.75) is 6.54 Å². The molecule has 4 rings (SSSR count). The van der Waals surface area contributed by atoms with Gasteiger partial charge in [-0.25, -0.2) is 9.37 Å². The Morgan fingerprint density at radius 1 is 0.960 bits per heavy atom. The highest BCUT2D eigenvalue weighted by Crippen LogP contribution is 2.32. The predicted molar refractivity (Wildman–Crippen MR) is 101 cm³/mol. The number of alkyl halides is 1. The van der Waals surface area contributed by atoms with Gasteiger partial charge in [-0.1, -0.05) is 60.7 Å². The van der Waals surface area contributed by atoms with Crippen LogP contribution in [-0.4, -0.2) is 16.2 Å². The van der Waals surface area contributed by atoms with Crippen molar-refractivity contribution in [3.05, 3.63) is 76.4 Å². The van der Waals surface area contributed by atoms with E-state index in [1.807, 2.05) is 66.0 Å². The van der Waals surface area contributed by atoms with Crippen molar-refractivity contribution >= 4 is 21.6 Å². The number of rotatable bonds is 4. The van der Waals surface area contributed by atoms with Gasteiger partial charge in [0.05, 0.1) is 11.9 Å². The average Bonchev–Trinajstić information content (AvgIpc) is 3.10. The van der Waals surface area contributed by atoms with Crippen LogP contribution < -0.4 is 5.56 Å². The second kappa shape index (κ2) is 6.61. The molecule has 0 aliphatic heterocycles. The van der Waals surface area contributed by atoms with Crippen molar-refractivity contribution in [3.63, 3.8) is 0 Å². The molecular weight excluding hydrogens is 335 g/mol. The average molecular weight is 350 g/mol. The third-order valence-corrected chi connectivity index (χ3v) is 4.99. The number of thiophene rings is 1. The number of halogens is 1. The Morgan fingerprint density at radius 2 is 1.60 bits per heavy atom. The standard InChI is InChI=1S/C20H15FN2OS/c21-11-12-23-18(15-9-5-2-6-10-15)22-19-17(20(23)24)16(13-25-19)14-7-3-1-4-8-14/h1-10,13H,11-12H2. The van der Waals surface area contributed by atoms with E-state index in [-0.39, 0.29) is 12.1 Å². The van der Waals surface area contributed by atoms with E-state index in [2.05, 4.69) is 4.98 Å². The maximum absolute atomic E-state index is 13.1. The lowest BCUT2D eigenvalue weighted by molar-refractivity contribution is 0.441. The Kier molecular flexibility index (Phi) is 4.15. The lowest BCUT2D eigenvalue weighted by Gasteiger charge is -2.11. The first kappa shape index (κ1) is 15.7. The molecule has 5 heteroatoms. The van der Waals surface area contributed by atoms with Crippen LogP contribution in [0.3, 0.4) is 0 Å². The van der Waals surface area contributed by atoms with Gasteiger partial charge in [0.25, 0.3) is 5.56 Å². The van der Waals surface area contributed by atoms with Crippen molar-refractivity contribution in [2.75, 3.05) is 6.67 Å². The minimum absolute atomic E-state index is 0.00389. The van der Waals surface area contributed by atoms with Gasteiger partial charge in [0.2, 0.25) is 0 Å². The van der Waals surface area contributed by atoms with E-state index in [4.69, 9.17) is 0 Å². The second-order valence-corrected chi connectivity index (χ2v) is 6.50. The second-order valence-electron chi connectivity index (χ2n) is 5.64. The van der Waals surface area contributed by atoms with E-state index >= 15 is 0 Å². The molecule has 0 N–H and O–H groups in total. The first-order valence-electron chi connectivity index (χ1n) is 7.98. The van der Waals surface area contributed by atoms with E-state index in [0.29, 0.717) is 16.0 Å².